The van der Waals surface area contributed by atoms with Crippen LogP contribution in [0.3, 0.4) is 0 Å². The summed E-state index contributed by atoms with van der Waals surface area (Å²) in [5, 5.41) is 42.3. The van der Waals surface area contributed by atoms with Crippen LogP contribution in [0.5, 0.6) is 0 Å². The standard InChI is InChI=1S/C18H23N5O5/c1-10-3-2-4-11(5-10)7-27-23-9-21-17-13(16(23)19)20-8-22(17)18-15(26)14(25)12(6-24)28-18/h2-5,8,12,14-15,18-19,21,24-26H,6-7,9H2,1H3/t12-,14-,15-,18-/m1/s1. The third-order valence-electron chi connectivity index (χ3n) is 4.92. The van der Waals surface area contributed by atoms with Crippen LogP contribution in [-0.2, 0) is 16.2 Å². The lowest BCUT2D eigenvalue weighted by molar-refractivity contribution is -0.108. The van der Waals surface area contributed by atoms with E-state index in [2.05, 4.69) is 10.3 Å². The Bertz CT molecular complexity index is 872. The average Bonchev–Trinajstić information content (AvgIpc) is 3.23. The van der Waals surface area contributed by atoms with Gasteiger partial charge in [0, 0.05) is 0 Å². The molecule has 0 radical (unpaired) electrons. The molecule has 0 amide bonds. The Morgan fingerprint density at radius 1 is 1.36 bits per heavy atom. The summed E-state index contributed by atoms with van der Waals surface area (Å²) in [7, 11) is 0. The number of anilines is 1. The van der Waals surface area contributed by atoms with E-state index in [0.717, 1.165) is 11.1 Å². The van der Waals surface area contributed by atoms with E-state index in [-0.39, 0.29) is 12.5 Å². The van der Waals surface area contributed by atoms with Crippen molar-refractivity contribution in [3.63, 3.8) is 0 Å². The van der Waals surface area contributed by atoms with Gasteiger partial charge in [-0.2, -0.15) is 0 Å². The molecular formula is C18H23N5O5. The van der Waals surface area contributed by atoms with Gasteiger partial charge in [-0.25, -0.2) is 10.0 Å². The molecule has 1 saturated heterocycles. The van der Waals surface area contributed by atoms with Crippen LogP contribution in [0.2, 0.25) is 0 Å². The largest absolute Gasteiger partial charge is 0.394 e. The first-order valence-corrected chi connectivity index (χ1v) is 8.97. The van der Waals surface area contributed by atoms with Gasteiger partial charge in [-0.3, -0.25) is 14.8 Å². The summed E-state index contributed by atoms with van der Waals surface area (Å²) in [6.07, 6.45) is -2.79. The first kappa shape index (κ1) is 18.8. The lowest BCUT2D eigenvalue weighted by Crippen LogP contribution is -2.41. The molecule has 0 bridgehead atoms. The first-order chi connectivity index (χ1) is 13.5. The van der Waals surface area contributed by atoms with Gasteiger partial charge in [0.1, 0.15) is 43.1 Å². The number of fused-ring (bicyclic) bond motifs is 1. The second-order valence-corrected chi connectivity index (χ2v) is 6.90. The highest BCUT2D eigenvalue weighted by molar-refractivity contribution is 5.99. The second kappa shape index (κ2) is 7.49. The maximum Gasteiger partial charge on any atom is 0.176 e. The SMILES string of the molecule is Cc1cccc(CON2CNc3c(ncn3[C@@H]3O[C@H](CO)[C@@H](O)[C@H]3O)C2=N)c1. The maximum atomic E-state index is 10.2. The zero-order valence-corrected chi connectivity index (χ0v) is 15.3. The molecule has 0 spiro atoms. The van der Waals surface area contributed by atoms with Crippen molar-refractivity contribution in [1.82, 2.24) is 14.6 Å². The number of amidine groups is 1. The molecule has 28 heavy (non-hydrogen) atoms. The van der Waals surface area contributed by atoms with Crippen molar-refractivity contribution >= 4 is 11.7 Å². The van der Waals surface area contributed by atoms with Crippen molar-refractivity contribution in [2.75, 3.05) is 18.6 Å². The third-order valence-corrected chi connectivity index (χ3v) is 4.92. The molecule has 2 aromatic rings. The van der Waals surface area contributed by atoms with E-state index in [4.69, 9.17) is 15.0 Å². The minimum atomic E-state index is -1.22. The maximum absolute atomic E-state index is 10.2. The normalized spacial score (nSPS) is 27.0. The zero-order chi connectivity index (χ0) is 19.8. The van der Waals surface area contributed by atoms with Crippen molar-refractivity contribution in [3.8, 4) is 0 Å². The number of hydrogen-bond donors (Lipinski definition) is 5. The summed E-state index contributed by atoms with van der Waals surface area (Å²) in [6, 6.07) is 7.93. The van der Waals surface area contributed by atoms with E-state index in [1.54, 1.807) is 0 Å². The fourth-order valence-electron chi connectivity index (χ4n) is 3.42. The van der Waals surface area contributed by atoms with Gasteiger partial charge in [0.15, 0.2) is 12.1 Å². The molecule has 0 aliphatic carbocycles. The number of hydroxylamine groups is 2. The van der Waals surface area contributed by atoms with E-state index in [1.807, 2.05) is 31.2 Å². The monoisotopic (exact) mass is 389 g/mol. The smallest absolute Gasteiger partial charge is 0.176 e. The fraction of sp³-hybridized carbons (Fsp3) is 0.444. The zero-order valence-electron chi connectivity index (χ0n) is 15.3. The number of benzene rings is 1. The molecule has 0 saturated carbocycles. The quantitative estimate of drug-likeness (QED) is 0.480. The summed E-state index contributed by atoms with van der Waals surface area (Å²) in [5.41, 5.74) is 2.47. The van der Waals surface area contributed by atoms with Gasteiger partial charge < -0.3 is 25.4 Å². The van der Waals surface area contributed by atoms with Crippen molar-refractivity contribution in [2.24, 2.45) is 0 Å². The van der Waals surface area contributed by atoms with E-state index in [1.165, 1.54) is 16.0 Å². The van der Waals surface area contributed by atoms with Crippen LogP contribution >= 0.6 is 0 Å². The number of hydrogen-bond acceptors (Lipinski definition) is 8. The van der Waals surface area contributed by atoms with Gasteiger partial charge in [-0.15, -0.1) is 0 Å². The van der Waals surface area contributed by atoms with Crippen molar-refractivity contribution in [2.45, 2.75) is 38.1 Å². The Balaban J connectivity index is 1.48. The molecular weight excluding hydrogens is 366 g/mol. The highest BCUT2D eigenvalue weighted by atomic mass is 16.7. The summed E-state index contributed by atoms with van der Waals surface area (Å²) in [6.45, 7) is 2.12. The van der Waals surface area contributed by atoms with Crippen LogP contribution in [-0.4, -0.2) is 67.4 Å². The molecule has 2 aliphatic heterocycles. The number of nitrogens with zero attached hydrogens (tertiary/aromatic N) is 3. The van der Waals surface area contributed by atoms with Crippen molar-refractivity contribution in [1.29, 1.82) is 5.41 Å². The number of aliphatic hydroxyl groups excluding tert-OH is 3. The Kier molecular flexibility index (Phi) is 5.04. The lowest BCUT2D eigenvalue weighted by atomic mass is 10.1. The van der Waals surface area contributed by atoms with Gasteiger partial charge in [-0.1, -0.05) is 29.8 Å². The number of nitrogens with one attached hydrogen (secondary N) is 2. The van der Waals surface area contributed by atoms with Crippen LogP contribution in [0.1, 0.15) is 23.0 Å². The highest BCUT2D eigenvalue weighted by Gasteiger charge is 2.44. The van der Waals surface area contributed by atoms with Crippen LogP contribution in [0.25, 0.3) is 0 Å². The number of rotatable bonds is 5. The van der Waals surface area contributed by atoms with Crippen LogP contribution < -0.4 is 5.32 Å². The van der Waals surface area contributed by atoms with Crippen LogP contribution in [0.15, 0.2) is 30.6 Å². The van der Waals surface area contributed by atoms with Crippen molar-refractivity contribution in [3.05, 3.63) is 47.4 Å². The molecule has 4 atom stereocenters. The average molecular weight is 389 g/mol. The predicted molar refractivity (Wildman–Crippen MR) is 98.4 cm³/mol. The van der Waals surface area contributed by atoms with Gasteiger partial charge >= 0.3 is 0 Å². The Morgan fingerprint density at radius 2 is 2.18 bits per heavy atom. The molecule has 4 rings (SSSR count). The number of imidazole rings is 1. The summed E-state index contributed by atoms with van der Waals surface area (Å²) >= 11 is 0. The number of aliphatic hydroxyl groups is 3. The molecule has 5 N–H and O–H groups in total. The second-order valence-electron chi connectivity index (χ2n) is 6.90. The Labute approximate surface area is 161 Å². The van der Waals surface area contributed by atoms with E-state index in [9.17, 15) is 15.3 Å². The number of ether oxygens (including phenoxy) is 1. The summed E-state index contributed by atoms with van der Waals surface area (Å²) < 4.78 is 7.06. The molecule has 150 valence electrons. The molecule has 2 aliphatic rings. The topological polar surface area (TPSA) is 136 Å². The molecule has 1 aromatic heterocycles. The summed E-state index contributed by atoms with van der Waals surface area (Å²) in [5.74, 6) is 0.558. The van der Waals surface area contributed by atoms with E-state index in [0.29, 0.717) is 18.1 Å². The van der Waals surface area contributed by atoms with Gasteiger partial charge in [0.05, 0.1) is 12.9 Å². The van der Waals surface area contributed by atoms with Gasteiger partial charge in [-0.05, 0) is 12.5 Å². The predicted octanol–water partition coefficient (Wildman–Crippen LogP) is -0.0548. The Morgan fingerprint density at radius 3 is 2.89 bits per heavy atom. The number of aryl methyl sites for hydroxylation is 1. The molecule has 10 nitrogen and oxygen atoms in total. The molecule has 1 fully saturated rings. The van der Waals surface area contributed by atoms with Gasteiger partial charge in [0.25, 0.3) is 0 Å². The van der Waals surface area contributed by atoms with Gasteiger partial charge in [0.2, 0.25) is 0 Å². The third kappa shape index (κ3) is 3.25. The molecule has 10 heteroatoms. The number of aromatic nitrogens is 2. The molecule has 3 heterocycles. The minimum absolute atomic E-state index is 0.0758. The fourth-order valence-corrected chi connectivity index (χ4v) is 3.42. The summed E-state index contributed by atoms with van der Waals surface area (Å²) in [4.78, 5) is 9.97. The minimum Gasteiger partial charge on any atom is -0.394 e. The van der Waals surface area contributed by atoms with E-state index >= 15 is 0 Å². The first-order valence-electron chi connectivity index (χ1n) is 8.97. The Hall–Kier alpha value is -2.50. The molecule has 1 aromatic carbocycles. The lowest BCUT2D eigenvalue weighted by Gasteiger charge is -2.30. The molecule has 0 unspecified atom stereocenters. The highest BCUT2D eigenvalue weighted by Crippen LogP contribution is 2.34. The van der Waals surface area contributed by atoms with Crippen molar-refractivity contribution < 1.29 is 24.9 Å². The van der Waals surface area contributed by atoms with E-state index < -0.39 is 31.1 Å². The van der Waals surface area contributed by atoms with Crippen LogP contribution in [0, 0.1) is 12.3 Å². The van der Waals surface area contributed by atoms with Crippen LogP contribution in [0.4, 0.5) is 5.82 Å².